The highest BCUT2D eigenvalue weighted by molar-refractivity contribution is 5.36. The van der Waals surface area contributed by atoms with Crippen LogP contribution in [0.1, 0.15) is 41.7 Å². The quantitative estimate of drug-likeness (QED) is 0.885. The lowest BCUT2D eigenvalue weighted by atomic mass is 9.84. The summed E-state index contributed by atoms with van der Waals surface area (Å²) in [5, 5.41) is 0. The van der Waals surface area contributed by atoms with Gasteiger partial charge in [-0.2, -0.15) is 0 Å². The first-order chi connectivity index (χ1) is 9.42. The van der Waals surface area contributed by atoms with Gasteiger partial charge in [-0.25, -0.2) is 0 Å². The summed E-state index contributed by atoms with van der Waals surface area (Å²) in [7, 11) is 0. The molecule has 0 heterocycles. The van der Waals surface area contributed by atoms with Crippen LogP contribution in [-0.2, 0) is 11.8 Å². The van der Waals surface area contributed by atoms with Gasteiger partial charge in [0.2, 0.25) is 0 Å². The van der Waals surface area contributed by atoms with Crippen molar-refractivity contribution in [1.82, 2.24) is 0 Å². The normalized spacial score (nSPS) is 11.7. The van der Waals surface area contributed by atoms with Crippen molar-refractivity contribution in [2.75, 3.05) is 6.54 Å². The van der Waals surface area contributed by atoms with E-state index in [1.165, 1.54) is 27.8 Å². The van der Waals surface area contributed by atoms with E-state index < -0.39 is 0 Å². The SMILES string of the molecule is Cc1ccc(C)c(Cc2ccc(C(C)(C)CN)cc2)c1. The van der Waals surface area contributed by atoms with Crippen LogP contribution in [0.3, 0.4) is 0 Å². The molecule has 0 aliphatic heterocycles. The number of benzene rings is 2. The largest absolute Gasteiger partial charge is 0.330 e. The van der Waals surface area contributed by atoms with Crippen molar-refractivity contribution in [3.8, 4) is 0 Å². The molecule has 1 heteroatoms. The van der Waals surface area contributed by atoms with Crippen LogP contribution in [-0.4, -0.2) is 6.54 Å². The zero-order valence-corrected chi connectivity index (χ0v) is 13.0. The van der Waals surface area contributed by atoms with Crippen molar-refractivity contribution in [2.45, 2.75) is 39.5 Å². The third-order valence-electron chi connectivity index (χ3n) is 4.14. The number of hydrogen-bond donors (Lipinski definition) is 1. The number of rotatable bonds is 4. The lowest BCUT2D eigenvalue weighted by molar-refractivity contribution is 0.539. The van der Waals surface area contributed by atoms with Gasteiger partial charge in [-0.1, -0.05) is 61.9 Å². The highest BCUT2D eigenvalue weighted by atomic mass is 14.6. The zero-order chi connectivity index (χ0) is 14.8. The lowest BCUT2D eigenvalue weighted by Gasteiger charge is -2.23. The van der Waals surface area contributed by atoms with Gasteiger partial charge in [0.1, 0.15) is 0 Å². The standard InChI is InChI=1S/C19H25N/c1-14-5-6-15(2)17(11-14)12-16-7-9-18(10-8-16)19(3,4)13-20/h5-11H,12-13,20H2,1-4H3. The Kier molecular flexibility index (Phi) is 4.29. The second-order valence-corrected chi connectivity index (χ2v) is 6.39. The minimum atomic E-state index is 0.0534. The minimum absolute atomic E-state index is 0.0534. The lowest BCUT2D eigenvalue weighted by Crippen LogP contribution is -2.27. The van der Waals surface area contributed by atoms with Gasteiger partial charge in [-0.05, 0) is 42.5 Å². The van der Waals surface area contributed by atoms with Gasteiger partial charge in [-0.3, -0.25) is 0 Å². The van der Waals surface area contributed by atoms with E-state index in [0.29, 0.717) is 6.54 Å². The molecule has 0 unspecified atom stereocenters. The summed E-state index contributed by atoms with van der Waals surface area (Å²) in [5.41, 5.74) is 12.7. The molecule has 0 saturated heterocycles. The first kappa shape index (κ1) is 14.8. The Morgan fingerprint density at radius 2 is 1.60 bits per heavy atom. The van der Waals surface area contributed by atoms with E-state index in [0.717, 1.165) is 6.42 Å². The van der Waals surface area contributed by atoms with E-state index in [1.54, 1.807) is 0 Å². The maximum atomic E-state index is 5.84. The predicted octanol–water partition coefficient (Wildman–Crippen LogP) is 4.13. The van der Waals surface area contributed by atoms with Crippen molar-refractivity contribution >= 4 is 0 Å². The van der Waals surface area contributed by atoms with Crippen LogP contribution in [0.5, 0.6) is 0 Å². The Hall–Kier alpha value is -1.60. The van der Waals surface area contributed by atoms with Gasteiger partial charge in [0, 0.05) is 12.0 Å². The monoisotopic (exact) mass is 267 g/mol. The molecule has 0 saturated carbocycles. The van der Waals surface area contributed by atoms with E-state index in [1.807, 2.05) is 0 Å². The number of hydrogen-bond acceptors (Lipinski definition) is 1. The van der Waals surface area contributed by atoms with Gasteiger partial charge < -0.3 is 5.73 Å². The molecule has 0 spiro atoms. The van der Waals surface area contributed by atoms with Crippen molar-refractivity contribution in [2.24, 2.45) is 5.73 Å². The number of nitrogens with two attached hydrogens (primary N) is 1. The van der Waals surface area contributed by atoms with Gasteiger partial charge in [0.05, 0.1) is 0 Å². The summed E-state index contributed by atoms with van der Waals surface area (Å²) in [6.45, 7) is 9.37. The van der Waals surface area contributed by atoms with Gasteiger partial charge >= 0.3 is 0 Å². The fraction of sp³-hybridized carbons (Fsp3) is 0.368. The van der Waals surface area contributed by atoms with Crippen molar-refractivity contribution in [3.63, 3.8) is 0 Å². The molecule has 0 fully saturated rings. The van der Waals surface area contributed by atoms with E-state index in [2.05, 4.69) is 70.2 Å². The van der Waals surface area contributed by atoms with Crippen LogP contribution in [0.25, 0.3) is 0 Å². The molecule has 0 bridgehead atoms. The molecule has 2 aromatic rings. The molecule has 106 valence electrons. The Morgan fingerprint density at radius 3 is 2.20 bits per heavy atom. The third kappa shape index (κ3) is 3.29. The molecule has 0 aliphatic carbocycles. The molecule has 0 atom stereocenters. The first-order valence-electron chi connectivity index (χ1n) is 7.28. The molecule has 2 rings (SSSR count). The number of aryl methyl sites for hydroxylation is 2. The summed E-state index contributed by atoms with van der Waals surface area (Å²) < 4.78 is 0. The van der Waals surface area contributed by atoms with Crippen molar-refractivity contribution in [1.29, 1.82) is 0 Å². The molecule has 2 aromatic carbocycles. The van der Waals surface area contributed by atoms with Crippen LogP contribution in [0.15, 0.2) is 42.5 Å². The smallest absolute Gasteiger partial charge is 0.00190 e. The summed E-state index contributed by atoms with van der Waals surface area (Å²) in [6, 6.07) is 15.6. The molecule has 0 aromatic heterocycles. The Balaban J connectivity index is 2.21. The molecule has 0 amide bonds. The summed E-state index contributed by atoms with van der Waals surface area (Å²) in [6.07, 6.45) is 0.997. The summed E-state index contributed by atoms with van der Waals surface area (Å²) in [5.74, 6) is 0. The van der Waals surface area contributed by atoms with Gasteiger partial charge in [0.25, 0.3) is 0 Å². The average molecular weight is 267 g/mol. The summed E-state index contributed by atoms with van der Waals surface area (Å²) >= 11 is 0. The van der Waals surface area contributed by atoms with E-state index in [9.17, 15) is 0 Å². The Labute approximate surface area is 122 Å². The topological polar surface area (TPSA) is 26.0 Å². The highest BCUT2D eigenvalue weighted by Gasteiger charge is 2.17. The Morgan fingerprint density at radius 1 is 0.950 bits per heavy atom. The third-order valence-corrected chi connectivity index (χ3v) is 4.14. The molecule has 1 nitrogen and oxygen atoms in total. The molecular formula is C19H25N. The maximum absolute atomic E-state index is 5.84. The molecule has 2 N–H and O–H groups in total. The van der Waals surface area contributed by atoms with E-state index in [4.69, 9.17) is 5.73 Å². The van der Waals surface area contributed by atoms with Gasteiger partial charge in [0.15, 0.2) is 0 Å². The second kappa shape index (κ2) is 5.80. The van der Waals surface area contributed by atoms with E-state index in [-0.39, 0.29) is 5.41 Å². The minimum Gasteiger partial charge on any atom is -0.330 e. The van der Waals surface area contributed by atoms with Crippen molar-refractivity contribution in [3.05, 3.63) is 70.3 Å². The first-order valence-corrected chi connectivity index (χ1v) is 7.28. The predicted molar refractivity (Wildman–Crippen MR) is 87.2 cm³/mol. The molecular weight excluding hydrogens is 242 g/mol. The summed E-state index contributed by atoms with van der Waals surface area (Å²) in [4.78, 5) is 0. The van der Waals surface area contributed by atoms with Gasteiger partial charge in [-0.15, -0.1) is 0 Å². The molecule has 20 heavy (non-hydrogen) atoms. The van der Waals surface area contributed by atoms with Crippen LogP contribution < -0.4 is 5.73 Å². The second-order valence-electron chi connectivity index (χ2n) is 6.39. The maximum Gasteiger partial charge on any atom is 0.00190 e. The zero-order valence-electron chi connectivity index (χ0n) is 13.0. The van der Waals surface area contributed by atoms with Crippen LogP contribution in [0.4, 0.5) is 0 Å². The molecule has 0 aliphatic rings. The Bertz CT molecular complexity index is 579. The van der Waals surface area contributed by atoms with Crippen molar-refractivity contribution < 1.29 is 0 Å². The molecule has 0 radical (unpaired) electrons. The van der Waals surface area contributed by atoms with E-state index >= 15 is 0 Å². The van der Waals surface area contributed by atoms with Crippen LogP contribution in [0.2, 0.25) is 0 Å². The highest BCUT2D eigenvalue weighted by Crippen LogP contribution is 2.23. The van der Waals surface area contributed by atoms with Crippen LogP contribution >= 0.6 is 0 Å². The fourth-order valence-corrected chi connectivity index (χ4v) is 2.40. The fourth-order valence-electron chi connectivity index (χ4n) is 2.40. The average Bonchev–Trinajstić information content (AvgIpc) is 2.43. The van der Waals surface area contributed by atoms with Crippen LogP contribution in [0, 0.1) is 13.8 Å².